The predicted octanol–water partition coefficient (Wildman–Crippen LogP) is 8.08. The number of nitrogens with zero attached hydrogens (tertiary/aromatic N) is 3. The van der Waals surface area contributed by atoms with E-state index in [1.807, 2.05) is 58.0 Å². The summed E-state index contributed by atoms with van der Waals surface area (Å²) in [5, 5.41) is 14.7. The monoisotopic (exact) mass is 633 g/mol. The molecule has 1 fully saturated rings. The first-order chi connectivity index (χ1) is 22.1. The van der Waals surface area contributed by atoms with Gasteiger partial charge in [0.25, 0.3) is 0 Å². The third kappa shape index (κ3) is 17.2. The van der Waals surface area contributed by atoms with Crippen LogP contribution in [-0.4, -0.2) is 68.1 Å². The molecular weight excluding hydrogens is 573 g/mol. The lowest BCUT2D eigenvalue weighted by molar-refractivity contribution is 0.112. The van der Waals surface area contributed by atoms with Crippen molar-refractivity contribution >= 4 is 6.29 Å². The fourth-order valence-corrected chi connectivity index (χ4v) is 4.86. The Morgan fingerprint density at radius 3 is 2.17 bits per heavy atom. The largest absolute Gasteiger partial charge is 0.357 e. The van der Waals surface area contributed by atoms with Crippen molar-refractivity contribution in [2.45, 2.75) is 86.9 Å². The number of nitriles is 1. The van der Waals surface area contributed by atoms with Gasteiger partial charge in [-0.3, -0.25) is 10.1 Å². The number of rotatable bonds is 9. The average molecular weight is 634 g/mol. The lowest BCUT2D eigenvalue weighted by Crippen LogP contribution is -2.49. The molecule has 0 spiro atoms. The lowest BCUT2D eigenvalue weighted by Gasteiger charge is -2.37. The number of piperidine rings is 1. The van der Waals surface area contributed by atoms with Crippen molar-refractivity contribution < 1.29 is 9.18 Å². The van der Waals surface area contributed by atoms with E-state index in [1.165, 1.54) is 44.0 Å². The van der Waals surface area contributed by atoms with E-state index in [2.05, 4.69) is 67.1 Å². The highest BCUT2D eigenvalue weighted by Gasteiger charge is 2.22. The van der Waals surface area contributed by atoms with E-state index >= 15 is 0 Å². The molecule has 2 aromatic carbocycles. The maximum absolute atomic E-state index is 12.9. The Bertz CT molecular complexity index is 1230. The number of aryl methyl sites for hydroxylation is 2. The minimum atomic E-state index is -0.0810. The normalized spacial score (nSPS) is 15.8. The molecule has 2 aliphatic heterocycles. The Kier molecular flexibility index (Phi) is 23.6. The first-order valence-corrected chi connectivity index (χ1v) is 16.6. The van der Waals surface area contributed by atoms with Crippen molar-refractivity contribution in [3.05, 3.63) is 107 Å². The van der Waals surface area contributed by atoms with E-state index < -0.39 is 0 Å². The number of likely N-dealkylation sites (tertiary alicyclic amines) is 1. The van der Waals surface area contributed by atoms with Crippen molar-refractivity contribution in [3.8, 4) is 6.07 Å². The lowest BCUT2D eigenvalue weighted by atomic mass is 10.0. The van der Waals surface area contributed by atoms with Crippen LogP contribution in [0.5, 0.6) is 0 Å². The molecule has 0 aromatic heterocycles. The molecule has 0 radical (unpaired) electrons. The average Bonchev–Trinajstić information content (AvgIpc) is 3.05. The van der Waals surface area contributed by atoms with Crippen LogP contribution in [-0.2, 0) is 6.42 Å². The van der Waals surface area contributed by atoms with Crippen molar-refractivity contribution in [2.75, 3.05) is 39.8 Å². The first kappa shape index (κ1) is 42.4. The van der Waals surface area contributed by atoms with Gasteiger partial charge in [-0.15, -0.1) is 0 Å². The molecule has 2 N–H and O–H groups in total. The number of hydrogen-bond donors (Lipinski definition) is 2. The number of carbonyl (C=O) groups is 1. The summed E-state index contributed by atoms with van der Waals surface area (Å²) in [5.74, 6) is -0.0810. The standard InChI is InChI=1S/C19H34N4.C9H11F.C7H6O.C2H3N.C2H6/c1-6-20-19-16(4)13-17(15(2)3)14-23(19)12-9-21-18-7-10-22(5)11-8-18;1-3-8-5-4-7(2)6-9(8)10;8-6-7-4-2-1-3-5-7;1-2-3;1-2/h13-14,18-21H,2,6-12H2,1,3-5H3;4-6H,3H2,1-2H3;1-6H;1H3;1-2H3. The molecule has 254 valence electrons. The summed E-state index contributed by atoms with van der Waals surface area (Å²) in [4.78, 5) is 14.8. The summed E-state index contributed by atoms with van der Waals surface area (Å²) in [6.07, 6.45) is 8.96. The zero-order chi connectivity index (χ0) is 34.9. The second-order valence-electron chi connectivity index (χ2n) is 11.2. The quantitative estimate of drug-likeness (QED) is 0.272. The van der Waals surface area contributed by atoms with E-state index in [9.17, 15) is 9.18 Å². The molecule has 0 bridgehead atoms. The van der Waals surface area contributed by atoms with Crippen LogP contribution in [0.1, 0.15) is 82.8 Å². The van der Waals surface area contributed by atoms with Crippen molar-refractivity contribution in [1.29, 1.82) is 5.26 Å². The van der Waals surface area contributed by atoms with Crippen LogP contribution >= 0.6 is 0 Å². The molecule has 0 saturated carbocycles. The van der Waals surface area contributed by atoms with Crippen molar-refractivity contribution in [1.82, 2.24) is 20.4 Å². The van der Waals surface area contributed by atoms with Gasteiger partial charge in [0.05, 0.1) is 6.07 Å². The Morgan fingerprint density at radius 1 is 1.09 bits per heavy atom. The summed E-state index contributed by atoms with van der Waals surface area (Å²) in [7, 11) is 2.21. The van der Waals surface area contributed by atoms with Crippen LogP contribution in [0.3, 0.4) is 0 Å². The maximum Gasteiger partial charge on any atom is 0.150 e. The summed E-state index contributed by atoms with van der Waals surface area (Å²) >= 11 is 0. The van der Waals surface area contributed by atoms with Gasteiger partial charge in [-0.05, 0) is 101 Å². The number of likely N-dealkylation sites (N-methyl/N-ethyl adjacent to an activating group) is 1. The molecule has 0 amide bonds. The molecule has 6 nitrogen and oxygen atoms in total. The van der Waals surface area contributed by atoms with E-state index in [0.29, 0.717) is 12.2 Å². The molecule has 1 unspecified atom stereocenters. The van der Waals surface area contributed by atoms with Crippen LogP contribution in [0, 0.1) is 24.1 Å². The van der Waals surface area contributed by atoms with E-state index in [-0.39, 0.29) is 5.82 Å². The van der Waals surface area contributed by atoms with Crippen LogP contribution in [0.2, 0.25) is 0 Å². The Labute approximate surface area is 280 Å². The molecule has 2 aromatic rings. The second kappa shape index (κ2) is 25.6. The molecule has 1 atom stereocenters. The molecule has 2 aliphatic rings. The van der Waals surface area contributed by atoms with Gasteiger partial charge in [-0.25, -0.2) is 4.39 Å². The molecule has 0 aliphatic carbocycles. The van der Waals surface area contributed by atoms with Gasteiger partial charge < -0.3 is 15.1 Å². The van der Waals surface area contributed by atoms with Crippen LogP contribution < -0.4 is 10.6 Å². The smallest absolute Gasteiger partial charge is 0.150 e. The summed E-state index contributed by atoms with van der Waals surface area (Å²) in [6, 6.07) is 16.9. The number of benzene rings is 2. The van der Waals surface area contributed by atoms with Crippen molar-refractivity contribution in [2.24, 2.45) is 0 Å². The number of hydrogen-bond acceptors (Lipinski definition) is 6. The number of nitrogens with one attached hydrogen (secondary N) is 2. The first-order valence-electron chi connectivity index (χ1n) is 16.6. The molecule has 46 heavy (non-hydrogen) atoms. The zero-order valence-electron chi connectivity index (χ0n) is 30.0. The summed E-state index contributed by atoms with van der Waals surface area (Å²) in [6.45, 7) is 25.3. The van der Waals surface area contributed by atoms with E-state index in [4.69, 9.17) is 5.26 Å². The predicted molar refractivity (Wildman–Crippen MR) is 194 cm³/mol. The van der Waals surface area contributed by atoms with Gasteiger partial charge in [-0.1, -0.05) is 82.8 Å². The Morgan fingerprint density at radius 2 is 1.70 bits per heavy atom. The second-order valence-corrected chi connectivity index (χ2v) is 11.2. The Hall–Kier alpha value is -3.57. The number of allylic oxidation sites excluding steroid dienone is 3. The summed E-state index contributed by atoms with van der Waals surface area (Å²) < 4.78 is 12.9. The van der Waals surface area contributed by atoms with Gasteiger partial charge in [0, 0.05) is 37.8 Å². The maximum atomic E-state index is 12.9. The third-order valence-electron chi connectivity index (χ3n) is 7.39. The van der Waals surface area contributed by atoms with Gasteiger partial charge >= 0.3 is 0 Å². The number of halogens is 1. The van der Waals surface area contributed by atoms with Crippen LogP contribution in [0.4, 0.5) is 4.39 Å². The molecular formula is C39H60FN5O. The highest BCUT2D eigenvalue weighted by molar-refractivity contribution is 5.74. The zero-order valence-corrected chi connectivity index (χ0v) is 30.0. The van der Waals surface area contributed by atoms with Crippen LogP contribution in [0.25, 0.3) is 0 Å². The fraction of sp³-hybridized carbons (Fsp3) is 0.487. The van der Waals surface area contributed by atoms with Gasteiger partial charge in [0.2, 0.25) is 0 Å². The number of carbonyl (C=O) groups excluding carboxylic acids is 1. The van der Waals surface area contributed by atoms with Gasteiger partial charge in [0.15, 0.2) is 0 Å². The minimum Gasteiger partial charge on any atom is -0.357 e. The fourth-order valence-electron chi connectivity index (χ4n) is 4.86. The molecule has 2 heterocycles. The van der Waals surface area contributed by atoms with E-state index in [0.717, 1.165) is 54.6 Å². The molecule has 1 saturated heterocycles. The number of aldehydes is 1. The van der Waals surface area contributed by atoms with Gasteiger partial charge in [0.1, 0.15) is 18.3 Å². The van der Waals surface area contributed by atoms with E-state index in [1.54, 1.807) is 24.3 Å². The SMILES string of the molecule is C=C(C)C1=CN(CCNC2CCN(C)CC2)C(NCC)C(C)=C1.CC.CC#N.CCc1ccc(C)cc1F.O=Cc1ccccc1. The summed E-state index contributed by atoms with van der Waals surface area (Å²) in [5.41, 5.74) is 6.25. The minimum absolute atomic E-state index is 0.0810. The third-order valence-corrected chi connectivity index (χ3v) is 7.39. The van der Waals surface area contributed by atoms with Gasteiger partial charge in [-0.2, -0.15) is 5.26 Å². The van der Waals surface area contributed by atoms with Crippen LogP contribution in [0.15, 0.2) is 84.1 Å². The Balaban J connectivity index is 0.000000720. The molecule has 7 heteroatoms. The topological polar surface area (TPSA) is 71.4 Å². The highest BCUT2D eigenvalue weighted by atomic mass is 19.1. The van der Waals surface area contributed by atoms with Crippen molar-refractivity contribution in [3.63, 3.8) is 0 Å². The molecule has 4 rings (SSSR count). The highest BCUT2D eigenvalue weighted by Crippen LogP contribution is 2.22.